The number of benzene rings is 20. The van der Waals surface area contributed by atoms with E-state index in [1.165, 1.54) is 128 Å². The predicted molar refractivity (Wildman–Crippen MR) is 518 cm³/mol. The highest BCUT2D eigenvalue weighted by molar-refractivity contribution is 5.92. The Bertz CT molecular complexity index is 6520. The number of nitrogens with zero attached hydrogens (tertiary/aromatic N) is 2. The van der Waals surface area contributed by atoms with Crippen molar-refractivity contribution < 1.29 is 0 Å². The van der Waals surface area contributed by atoms with Gasteiger partial charge in [-0.05, 0) is 277 Å². The second-order valence-electron chi connectivity index (χ2n) is 30.7. The maximum absolute atomic E-state index is 2.39. The summed E-state index contributed by atoms with van der Waals surface area (Å²) < 4.78 is 0. The summed E-state index contributed by atoms with van der Waals surface area (Å²) in [6, 6.07) is 188. The predicted octanol–water partition coefficient (Wildman–Crippen LogP) is 33.7. The topological polar surface area (TPSA) is 6.48 Å². The molecular weight excluding hydrogens is 1470 g/mol. The molecule has 0 amide bonds. The van der Waals surface area contributed by atoms with Gasteiger partial charge in [-0.2, -0.15) is 0 Å². The van der Waals surface area contributed by atoms with Gasteiger partial charge in [-0.25, -0.2) is 0 Å². The van der Waals surface area contributed by atoms with E-state index in [1.54, 1.807) is 0 Å². The molecule has 576 valence electrons. The van der Waals surface area contributed by atoms with Crippen molar-refractivity contribution in [3.8, 4) is 156 Å². The molecule has 0 atom stereocenters. The lowest BCUT2D eigenvalue weighted by Crippen LogP contribution is -2.10. The summed E-state index contributed by atoms with van der Waals surface area (Å²) in [6.07, 6.45) is 0. The van der Waals surface area contributed by atoms with Crippen molar-refractivity contribution in [2.24, 2.45) is 0 Å². The molecule has 0 spiro atoms. The van der Waals surface area contributed by atoms with Gasteiger partial charge in [-0.15, -0.1) is 0 Å². The molecule has 122 heavy (non-hydrogen) atoms. The van der Waals surface area contributed by atoms with Crippen LogP contribution >= 0.6 is 0 Å². The van der Waals surface area contributed by atoms with Crippen LogP contribution in [0.3, 0.4) is 0 Å². The highest BCUT2D eigenvalue weighted by Crippen LogP contribution is 2.46. The Morgan fingerprint density at radius 2 is 0.238 bits per heavy atom. The van der Waals surface area contributed by atoms with Gasteiger partial charge in [0.15, 0.2) is 0 Å². The average molecular weight is 1560 g/mol. The first-order chi connectivity index (χ1) is 60.5. The molecule has 0 heterocycles. The van der Waals surface area contributed by atoms with Gasteiger partial charge in [-0.3, -0.25) is 0 Å². The molecule has 0 bridgehead atoms. The van der Waals surface area contributed by atoms with Gasteiger partial charge in [-0.1, -0.05) is 400 Å². The molecule has 20 aromatic carbocycles. The summed E-state index contributed by atoms with van der Waals surface area (Å²) in [5, 5.41) is 0. The van der Waals surface area contributed by atoms with Crippen molar-refractivity contribution >= 4 is 34.1 Å². The molecule has 0 aliphatic heterocycles. The van der Waals surface area contributed by atoms with Crippen LogP contribution in [0.4, 0.5) is 34.1 Å². The summed E-state index contributed by atoms with van der Waals surface area (Å²) in [5.41, 5.74) is 39.8. The third kappa shape index (κ3) is 17.1. The van der Waals surface area contributed by atoms with Crippen LogP contribution in [0, 0.1) is 0 Å². The maximum atomic E-state index is 2.39. The van der Waals surface area contributed by atoms with Crippen molar-refractivity contribution in [1.29, 1.82) is 0 Å². The summed E-state index contributed by atoms with van der Waals surface area (Å²) in [4.78, 5) is 4.78. The lowest BCUT2D eigenvalue weighted by molar-refractivity contribution is 1.28. The second kappa shape index (κ2) is 35.8. The zero-order valence-corrected chi connectivity index (χ0v) is 67.5. The van der Waals surface area contributed by atoms with Crippen molar-refractivity contribution in [2.75, 3.05) is 9.80 Å². The van der Waals surface area contributed by atoms with Gasteiger partial charge in [0, 0.05) is 34.1 Å². The van der Waals surface area contributed by atoms with E-state index in [4.69, 9.17) is 0 Å². The number of hydrogen-bond acceptors (Lipinski definition) is 2. The maximum Gasteiger partial charge on any atom is 0.0467 e. The minimum absolute atomic E-state index is 1.07. The van der Waals surface area contributed by atoms with Crippen molar-refractivity contribution in [1.82, 2.24) is 0 Å². The molecule has 2 nitrogen and oxygen atoms in total. The minimum atomic E-state index is 1.07. The van der Waals surface area contributed by atoms with Gasteiger partial charge >= 0.3 is 0 Å². The molecule has 20 aromatic rings. The average Bonchev–Trinajstić information content (AvgIpc) is 0.778. The van der Waals surface area contributed by atoms with Crippen LogP contribution in [-0.4, -0.2) is 0 Å². The molecule has 0 saturated carbocycles. The molecule has 20 rings (SSSR count). The van der Waals surface area contributed by atoms with Gasteiger partial charge in [0.2, 0.25) is 0 Å². The van der Waals surface area contributed by atoms with Crippen LogP contribution in [0.25, 0.3) is 156 Å². The Morgan fingerprint density at radius 1 is 0.0820 bits per heavy atom. The molecule has 0 aliphatic rings. The number of anilines is 6. The SMILES string of the molecule is c1ccc(-c2cc(-c3ccccc3)cc(-c3ccc(N(c4ccc(-c5cc(-c6ccccc6)cc(-c6ccccc6)c5)cc4)c4cccc(-c5ccccc5-c5ccccc5)c4)cc3)c2)cc1.c1ccc(-c2cccc(-c3cccc(N(c4cccc(-c5cccc(-c6ccccc6)c5)c4)c4cccc(-c5ccccc5-c5ccccc5)c4)c3)c2)cc1. The fourth-order valence-corrected chi connectivity index (χ4v) is 16.8. The van der Waals surface area contributed by atoms with E-state index in [-0.39, 0.29) is 0 Å². The number of hydrogen-bond donors (Lipinski definition) is 0. The quantitative estimate of drug-likeness (QED) is 0.0750. The Balaban J connectivity index is 0.000000164. The highest BCUT2D eigenvalue weighted by Gasteiger charge is 2.21. The molecule has 0 fully saturated rings. The van der Waals surface area contributed by atoms with Gasteiger partial charge in [0.1, 0.15) is 0 Å². The lowest BCUT2D eigenvalue weighted by Gasteiger charge is -2.27. The van der Waals surface area contributed by atoms with Crippen LogP contribution in [-0.2, 0) is 0 Å². The smallest absolute Gasteiger partial charge is 0.0467 e. The van der Waals surface area contributed by atoms with Crippen LogP contribution in [0.5, 0.6) is 0 Å². The zero-order chi connectivity index (χ0) is 81.6. The number of rotatable bonds is 20. The largest absolute Gasteiger partial charge is 0.310 e. The monoisotopic (exact) mass is 1550 g/mol. The fourth-order valence-electron chi connectivity index (χ4n) is 16.8. The van der Waals surface area contributed by atoms with Crippen LogP contribution < -0.4 is 9.80 Å². The molecule has 0 saturated heterocycles. The van der Waals surface area contributed by atoms with E-state index in [0.29, 0.717) is 0 Å². The normalized spacial score (nSPS) is 11.0. The first kappa shape index (κ1) is 76.0. The van der Waals surface area contributed by atoms with Gasteiger partial charge < -0.3 is 9.80 Å². The molecule has 0 aliphatic carbocycles. The standard InChI is InChI=1S/C66H47N.C54H39N/c1-6-19-48(20-7-1)56-41-57(49-21-8-2-9-22-49)44-60(43-56)52-33-37-62(38-34-52)67(64-30-18-29-55(47-64)66-32-17-16-31-65(66)54-27-14-5-15-28-54)63-39-35-53(36-40-63)61-45-58(50-23-10-3-11-24-50)42-59(46-61)51-25-12-4-13-26-51;1-4-17-40(18-5-1)43-23-12-25-45(35-43)47-27-14-30-50(37-47)55(51-31-15-28-48(38-51)46-26-13-24-44(36-46)41-19-6-2-7-20-41)52-32-16-29-49(39-52)54-34-11-10-33-53(54)42-21-8-3-9-22-42/h1-47H;1-39H. The highest BCUT2D eigenvalue weighted by atomic mass is 15.1. The summed E-state index contributed by atoms with van der Waals surface area (Å²) in [5.74, 6) is 0. The van der Waals surface area contributed by atoms with Crippen LogP contribution in [0.1, 0.15) is 0 Å². The van der Waals surface area contributed by atoms with E-state index in [1.807, 2.05) is 0 Å². The van der Waals surface area contributed by atoms with Crippen LogP contribution in [0.2, 0.25) is 0 Å². The third-order valence-electron chi connectivity index (χ3n) is 22.9. The van der Waals surface area contributed by atoms with Crippen molar-refractivity contribution in [2.45, 2.75) is 0 Å². The van der Waals surface area contributed by atoms with E-state index < -0.39 is 0 Å². The molecule has 0 radical (unpaired) electrons. The Morgan fingerprint density at radius 3 is 0.500 bits per heavy atom. The second-order valence-corrected chi connectivity index (χ2v) is 30.7. The third-order valence-corrected chi connectivity index (χ3v) is 22.9. The van der Waals surface area contributed by atoms with Gasteiger partial charge in [0.05, 0.1) is 0 Å². The lowest BCUT2D eigenvalue weighted by atomic mass is 9.93. The molecule has 0 unspecified atom stereocenters. The Kier molecular flexibility index (Phi) is 22.3. The summed E-state index contributed by atoms with van der Waals surface area (Å²) >= 11 is 0. The fraction of sp³-hybridized carbons (Fsp3) is 0. The van der Waals surface area contributed by atoms with E-state index in [0.717, 1.165) is 61.9 Å². The molecule has 0 N–H and O–H groups in total. The molecule has 2 heteroatoms. The van der Waals surface area contributed by atoms with Crippen LogP contribution in [0.15, 0.2) is 522 Å². The van der Waals surface area contributed by atoms with Gasteiger partial charge in [0.25, 0.3) is 0 Å². The van der Waals surface area contributed by atoms with Crippen molar-refractivity contribution in [3.05, 3.63) is 522 Å². The first-order valence-electron chi connectivity index (χ1n) is 41.8. The Hall–Kier alpha value is -16.0. The zero-order valence-electron chi connectivity index (χ0n) is 67.5. The summed E-state index contributed by atoms with van der Waals surface area (Å²) in [7, 11) is 0. The summed E-state index contributed by atoms with van der Waals surface area (Å²) in [6.45, 7) is 0. The van der Waals surface area contributed by atoms with Crippen molar-refractivity contribution in [3.63, 3.8) is 0 Å². The van der Waals surface area contributed by atoms with E-state index >= 15 is 0 Å². The van der Waals surface area contributed by atoms with E-state index in [9.17, 15) is 0 Å². The molecular formula is C120H86N2. The first-order valence-corrected chi connectivity index (χ1v) is 41.8. The van der Waals surface area contributed by atoms with E-state index in [2.05, 4.69) is 532 Å². The Labute approximate surface area is 716 Å². The molecule has 0 aromatic heterocycles. The minimum Gasteiger partial charge on any atom is -0.310 e.